The number of amides is 1. The number of carbonyl (C=O) groups excluding carboxylic acids is 1. The molecule has 1 N–H and O–H groups in total. The number of hydrogen-bond donors (Lipinski definition) is 1. The summed E-state index contributed by atoms with van der Waals surface area (Å²) in [6.45, 7) is 9.45. The van der Waals surface area contributed by atoms with E-state index in [-0.39, 0.29) is 17.4 Å². The third-order valence-corrected chi connectivity index (χ3v) is 6.23. The van der Waals surface area contributed by atoms with Crippen LogP contribution >= 0.6 is 0 Å². The van der Waals surface area contributed by atoms with Crippen LogP contribution in [0, 0.1) is 17.3 Å². The first-order valence-corrected chi connectivity index (χ1v) is 10.9. The van der Waals surface area contributed by atoms with Crippen LogP contribution in [0.1, 0.15) is 77.5 Å². The molecule has 0 radical (unpaired) electrons. The van der Waals surface area contributed by atoms with E-state index < -0.39 is 0 Å². The number of carbonyl (C=O) groups is 1. The van der Waals surface area contributed by atoms with Gasteiger partial charge in [0.25, 0.3) is 0 Å². The Morgan fingerprint density at radius 3 is 2.63 bits per heavy atom. The van der Waals surface area contributed by atoms with E-state index in [1.165, 1.54) is 51.6 Å². The second-order valence-corrected chi connectivity index (χ2v) is 9.62. The molecule has 1 amide bonds. The van der Waals surface area contributed by atoms with E-state index in [9.17, 15) is 4.79 Å². The Kier molecular flexibility index (Phi) is 6.91. The quantitative estimate of drug-likeness (QED) is 0.824. The summed E-state index contributed by atoms with van der Waals surface area (Å²) in [5.41, 5.74) is 0.614. The smallest absolute Gasteiger partial charge is 0.225 e. The molecule has 1 aromatic rings. The number of pyridine rings is 1. The number of aromatic nitrogens is 1. The van der Waals surface area contributed by atoms with Crippen LogP contribution in [0.15, 0.2) is 24.4 Å². The van der Waals surface area contributed by atoms with Gasteiger partial charge in [-0.1, -0.05) is 46.1 Å². The van der Waals surface area contributed by atoms with Gasteiger partial charge in [0.1, 0.15) is 0 Å². The largest absolute Gasteiger partial charge is 0.347 e. The van der Waals surface area contributed by atoms with E-state index in [1.807, 2.05) is 39.1 Å². The van der Waals surface area contributed by atoms with Crippen molar-refractivity contribution < 1.29 is 4.79 Å². The van der Waals surface area contributed by atoms with Crippen molar-refractivity contribution in [2.24, 2.45) is 17.3 Å². The highest BCUT2D eigenvalue weighted by Crippen LogP contribution is 2.32. The highest BCUT2D eigenvalue weighted by molar-refractivity contribution is 5.81. The SMILES string of the molecule is CC(C)(C)C(=O)NC(c1ccccn1)C1CCCN(CC2CCCCC2)C1. The summed E-state index contributed by atoms with van der Waals surface area (Å²) in [5.74, 6) is 1.42. The number of likely N-dealkylation sites (tertiary alicyclic amines) is 1. The first-order valence-electron chi connectivity index (χ1n) is 10.9. The Morgan fingerprint density at radius 2 is 1.96 bits per heavy atom. The van der Waals surface area contributed by atoms with Crippen LogP contribution in [0.3, 0.4) is 0 Å². The number of nitrogens with zero attached hydrogens (tertiary/aromatic N) is 2. The summed E-state index contributed by atoms with van der Waals surface area (Å²) >= 11 is 0. The Balaban J connectivity index is 1.69. The number of rotatable bonds is 5. The van der Waals surface area contributed by atoms with Gasteiger partial charge in [-0.2, -0.15) is 0 Å². The average molecular weight is 372 g/mol. The molecule has 0 spiro atoms. The molecule has 1 aliphatic heterocycles. The van der Waals surface area contributed by atoms with Gasteiger partial charge in [0.15, 0.2) is 0 Å². The van der Waals surface area contributed by atoms with E-state index in [1.54, 1.807) is 0 Å². The van der Waals surface area contributed by atoms with Gasteiger partial charge in [0.05, 0.1) is 11.7 Å². The summed E-state index contributed by atoms with van der Waals surface area (Å²) in [6.07, 6.45) is 11.2. The molecule has 2 atom stereocenters. The van der Waals surface area contributed by atoms with E-state index >= 15 is 0 Å². The normalized spacial score (nSPS) is 23.7. The van der Waals surface area contributed by atoms with Crippen molar-refractivity contribution in [2.45, 2.75) is 71.8 Å². The van der Waals surface area contributed by atoms with Crippen LogP contribution in [-0.4, -0.2) is 35.4 Å². The van der Waals surface area contributed by atoms with Gasteiger partial charge in [-0.25, -0.2) is 0 Å². The molecule has 1 aliphatic carbocycles. The fourth-order valence-electron chi connectivity index (χ4n) is 4.62. The minimum atomic E-state index is -0.385. The zero-order chi connectivity index (χ0) is 19.3. The maximum atomic E-state index is 12.7. The van der Waals surface area contributed by atoms with Gasteiger partial charge in [-0.15, -0.1) is 0 Å². The fourth-order valence-corrected chi connectivity index (χ4v) is 4.62. The molecule has 1 aromatic heterocycles. The summed E-state index contributed by atoms with van der Waals surface area (Å²) in [6, 6.07) is 6.05. The van der Waals surface area contributed by atoms with Crippen molar-refractivity contribution in [3.05, 3.63) is 30.1 Å². The molecule has 0 aromatic carbocycles. The van der Waals surface area contributed by atoms with Gasteiger partial charge in [-0.05, 0) is 56.2 Å². The number of hydrogen-bond acceptors (Lipinski definition) is 3. The Labute approximate surface area is 165 Å². The van der Waals surface area contributed by atoms with Crippen LogP contribution in [-0.2, 0) is 4.79 Å². The average Bonchev–Trinajstić information content (AvgIpc) is 2.67. The molecular weight excluding hydrogens is 334 g/mol. The van der Waals surface area contributed by atoms with Crippen LogP contribution in [0.5, 0.6) is 0 Å². The summed E-state index contributed by atoms with van der Waals surface area (Å²) in [7, 11) is 0. The van der Waals surface area contributed by atoms with Crippen LogP contribution < -0.4 is 5.32 Å². The van der Waals surface area contributed by atoms with E-state index in [4.69, 9.17) is 0 Å². The van der Waals surface area contributed by atoms with Gasteiger partial charge in [0.2, 0.25) is 5.91 Å². The van der Waals surface area contributed by atoms with Crippen LogP contribution in [0.25, 0.3) is 0 Å². The minimum absolute atomic E-state index is 0.00656. The maximum Gasteiger partial charge on any atom is 0.225 e. The van der Waals surface area contributed by atoms with Gasteiger partial charge < -0.3 is 10.2 Å². The standard InChI is InChI=1S/C23H37N3O/c1-23(2,3)22(27)25-21(20-13-7-8-14-24-20)19-12-9-15-26(17-19)16-18-10-5-4-6-11-18/h7-8,13-14,18-19,21H,4-6,9-12,15-17H2,1-3H3,(H,25,27). The molecule has 150 valence electrons. The Morgan fingerprint density at radius 1 is 1.19 bits per heavy atom. The molecule has 2 unspecified atom stereocenters. The van der Waals surface area contributed by atoms with Crippen molar-refractivity contribution in [1.29, 1.82) is 0 Å². The van der Waals surface area contributed by atoms with E-state index in [2.05, 4.69) is 21.3 Å². The number of nitrogens with one attached hydrogen (secondary N) is 1. The second-order valence-electron chi connectivity index (χ2n) is 9.62. The number of piperidine rings is 1. The monoisotopic (exact) mass is 371 g/mol. The van der Waals surface area contributed by atoms with Crippen molar-refractivity contribution in [3.8, 4) is 0 Å². The molecule has 3 rings (SSSR count). The lowest BCUT2D eigenvalue weighted by molar-refractivity contribution is -0.130. The topological polar surface area (TPSA) is 45.2 Å². The van der Waals surface area contributed by atoms with E-state index in [0.717, 1.165) is 24.6 Å². The zero-order valence-corrected chi connectivity index (χ0v) is 17.4. The molecule has 4 nitrogen and oxygen atoms in total. The first-order chi connectivity index (χ1) is 12.9. The molecule has 2 aliphatic rings. The van der Waals surface area contributed by atoms with Crippen LogP contribution in [0.4, 0.5) is 0 Å². The predicted octanol–water partition coefficient (Wildman–Crippen LogP) is 4.58. The van der Waals surface area contributed by atoms with Crippen molar-refractivity contribution in [3.63, 3.8) is 0 Å². The molecular formula is C23H37N3O. The lowest BCUT2D eigenvalue weighted by Crippen LogP contribution is -2.46. The maximum absolute atomic E-state index is 12.7. The third-order valence-electron chi connectivity index (χ3n) is 6.23. The van der Waals surface area contributed by atoms with Gasteiger partial charge >= 0.3 is 0 Å². The van der Waals surface area contributed by atoms with Gasteiger partial charge in [-0.3, -0.25) is 9.78 Å². The van der Waals surface area contributed by atoms with Crippen molar-refractivity contribution >= 4 is 5.91 Å². The second kappa shape index (κ2) is 9.18. The molecule has 27 heavy (non-hydrogen) atoms. The predicted molar refractivity (Wildman–Crippen MR) is 110 cm³/mol. The molecule has 2 fully saturated rings. The highest BCUT2D eigenvalue weighted by Gasteiger charge is 2.33. The summed E-state index contributed by atoms with van der Waals surface area (Å²) < 4.78 is 0. The molecule has 1 saturated carbocycles. The Bertz CT molecular complexity index is 589. The highest BCUT2D eigenvalue weighted by atomic mass is 16.2. The first kappa shape index (κ1) is 20.3. The lowest BCUT2D eigenvalue weighted by Gasteiger charge is -2.39. The molecule has 0 bridgehead atoms. The zero-order valence-electron chi connectivity index (χ0n) is 17.4. The van der Waals surface area contributed by atoms with Crippen molar-refractivity contribution in [2.75, 3.05) is 19.6 Å². The fraction of sp³-hybridized carbons (Fsp3) is 0.739. The van der Waals surface area contributed by atoms with Gasteiger partial charge in [0, 0.05) is 24.7 Å². The summed E-state index contributed by atoms with van der Waals surface area (Å²) in [4.78, 5) is 20.0. The molecule has 4 heteroatoms. The molecule has 1 saturated heterocycles. The lowest BCUT2D eigenvalue weighted by atomic mass is 9.85. The molecule has 2 heterocycles. The third kappa shape index (κ3) is 5.78. The summed E-state index contributed by atoms with van der Waals surface area (Å²) in [5, 5.41) is 3.34. The van der Waals surface area contributed by atoms with Crippen LogP contribution in [0.2, 0.25) is 0 Å². The Hall–Kier alpha value is -1.42. The van der Waals surface area contributed by atoms with E-state index in [0.29, 0.717) is 5.92 Å². The minimum Gasteiger partial charge on any atom is -0.347 e. The van der Waals surface area contributed by atoms with Crippen molar-refractivity contribution in [1.82, 2.24) is 15.2 Å².